The molecule has 28 heavy (non-hydrogen) atoms. The number of nitrogens with zero attached hydrogens (tertiary/aromatic N) is 4. The molecule has 3 aromatic rings. The molecule has 1 atom stereocenters. The van der Waals surface area contributed by atoms with Gasteiger partial charge >= 0.3 is 0 Å². The van der Waals surface area contributed by atoms with E-state index in [-0.39, 0.29) is 11.9 Å². The first-order valence-electron chi connectivity index (χ1n) is 9.46. The maximum Gasteiger partial charge on any atom is 0.233 e. The van der Waals surface area contributed by atoms with Crippen LogP contribution in [0.5, 0.6) is 0 Å². The van der Waals surface area contributed by atoms with Crippen molar-refractivity contribution in [1.82, 2.24) is 19.7 Å². The smallest absolute Gasteiger partial charge is 0.233 e. The number of amides is 1. The number of fused-ring (bicyclic) bond motifs is 1. The molecule has 1 aliphatic rings. The Hall–Kier alpha value is -2.54. The predicted octanol–water partition coefficient (Wildman–Crippen LogP) is 4.01. The molecule has 6 nitrogen and oxygen atoms in total. The lowest BCUT2D eigenvalue weighted by molar-refractivity contribution is -0.129. The summed E-state index contributed by atoms with van der Waals surface area (Å²) in [6.07, 6.45) is 4.87. The van der Waals surface area contributed by atoms with E-state index in [2.05, 4.69) is 34.5 Å². The van der Waals surface area contributed by atoms with Gasteiger partial charge in [-0.3, -0.25) is 4.79 Å². The van der Waals surface area contributed by atoms with Crippen molar-refractivity contribution in [2.24, 2.45) is 7.05 Å². The first kappa shape index (κ1) is 18.8. The van der Waals surface area contributed by atoms with Crippen molar-refractivity contribution in [3.8, 4) is 11.4 Å². The van der Waals surface area contributed by atoms with Gasteiger partial charge in [0.1, 0.15) is 5.76 Å². The Morgan fingerprint density at radius 1 is 1.32 bits per heavy atom. The molecule has 7 heteroatoms. The van der Waals surface area contributed by atoms with Gasteiger partial charge in [-0.1, -0.05) is 36.0 Å². The SMILES string of the molecule is Cc1occc1-c1nnc(SCC(=O)N(C)[C@@H]2CCCc3ccccc32)n1C. The number of aryl methyl sites for hydroxylation is 2. The molecular weight excluding hydrogens is 372 g/mol. The highest BCUT2D eigenvalue weighted by molar-refractivity contribution is 7.99. The first-order valence-corrected chi connectivity index (χ1v) is 10.4. The molecule has 0 aliphatic heterocycles. The zero-order valence-corrected chi connectivity index (χ0v) is 17.2. The van der Waals surface area contributed by atoms with Crippen molar-refractivity contribution in [2.75, 3.05) is 12.8 Å². The Kier molecular flexibility index (Phi) is 5.26. The van der Waals surface area contributed by atoms with Crippen molar-refractivity contribution in [3.05, 3.63) is 53.5 Å². The average molecular weight is 397 g/mol. The van der Waals surface area contributed by atoms with Crippen molar-refractivity contribution < 1.29 is 9.21 Å². The number of furan rings is 1. The number of aromatic nitrogens is 3. The Bertz CT molecular complexity index is 994. The summed E-state index contributed by atoms with van der Waals surface area (Å²) in [5, 5.41) is 9.25. The third-order valence-electron chi connectivity index (χ3n) is 5.46. The van der Waals surface area contributed by atoms with Gasteiger partial charge in [0.05, 0.1) is 23.6 Å². The zero-order valence-electron chi connectivity index (χ0n) is 16.4. The Balaban J connectivity index is 1.44. The molecule has 0 bridgehead atoms. The van der Waals surface area contributed by atoms with Crippen LogP contribution < -0.4 is 0 Å². The van der Waals surface area contributed by atoms with Gasteiger partial charge in [-0.25, -0.2) is 0 Å². The van der Waals surface area contributed by atoms with E-state index in [1.807, 2.05) is 36.6 Å². The largest absolute Gasteiger partial charge is 0.469 e. The Labute approximate surface area is 168 Å². The van der Waals surface area contributed by atoms with Gasteiger partial charge in [-0.2, -0.15) is 0 Å². The third kappa shape index (κ3) is 3.46. The van der Waals surface area contributed by atoms with E-state index in [1.165, 1.54) is 22.9 Å². The normalized spacial score (nSPS) is 16.0. The average Bonchev–Trinajstić information content (AvgIpc) is 3.30. The number of carbonyl (C=O) groups is 1. The molecule has 1 amide bonds. The molecular formula is C21H24N4O2S. The van der Waals surface area contributed by atoms with Crippen molar-refractivity contribution in [2.45, 2.75) is 37.4 Å². The van der Waals surface area contributed by atoms with Crippen molar-refractivity contribution in [1.29, 1.82) is 0 Å². The Morgan fingerprint density at radius 2 is 2.14 bits per heavy atom. The summed E-state index contributed by atoms with van der Waals surface area (Å²) in [6.45, 7) is 1.90. The van der Waals surface area contributed by atoms with Gasteiger partial charge in [0, 0.05) is 14.1 Å². The van der Waals surface area contributed by atoms with Crippen LogP contribution in [0.15, 0.2) is 46.2 Å². The van der Waals surface area contributed by atoms with E-state index in [0.717, 1.165) is 41.6 Å². The van der Waals surface area contributed by atoms with Crippen LogP contribution in [-0.4, -0.2) is 38.4 Å². The summed E-state index contributed by atoms with van der Waals surface area (Å²) < 4.78 is 7.27. The number of hydrogen-bond acceptors (Lipinski definition) is 5. The van der Waals surface area contributed by atoms with Gasteiger partial charge in [0.15, 0.2) is 11.0 Å². The van der Waals surface area contributed by atoms with E-state index < -0.39 is 0 Å². The number of hydrogen-bond donors (Lipinski definition) is 0. The minimum atomic E-state index is 0.107. The lowest BCUT2D eigenvalue weighted by Crippen LogP contribution is -2.34. The molecule has 0 radical (unpaired) electrons. The van der Waals surface area contributed by atoms with E-state index in [4.69, 9.17) is 4.42 Å². The minimum Gasteiger partial charge on any atom is -0.469 e. The molecule has 0 saturated carbocycles. The quantitative estimate of drug-likeness (QED) is 0.610. The number of benzene rings is 1. The maximum absolute atomic E-state index is 12.9. The number of rotatable bonds is 5. The minimum absolute atomic E-state index is 0.107. The lowest BCUT2D eigenvalue weighted by Gasteiger charge is -2.33. The summed E-state index contributed by atoms with van der Waals surface area (Å²) in [6, 6.07) is 10.5. The number of thioether (sulfide) groups is 1. The monoisotopic (exact) mass is 396 g/mol. The van der Waals surface area contributed by atoms with Crippen LogP contribution in [0, 0.1) is 6.92 Å². The fourth-order valence-electron chi connectivity index (χ4n) is 3.82. The molecule has 0 unspecified atom stereocenters. The van der Waals surface area contributed by atoms with Crippen LogP contribution in [0.2, 0.25) is 0 Å². The fraction of sp³-hybridized carbons (Fsp3) is 0.381. The second-order valence-electron chi connectivity index (χ2n) is 7.16. The van der Waals surface area contributed by atoms with Gasteiger partial charge < -0.3 is 13.9 Å². The first-order chi connectivity index (χ1) is 13.6. The van der Waals surface area contributed by atoms with Crippen LogP contribution in [0.1, 0.15) is 35.8 Å². The van der Waals surface area contributed by atoms with Crippen LogP contribution in [0.4, 0.5) is 0 Å². The van der Waals surface area contributed by atoms with Crippen molar-refractivity contribution >= 4 is 17.7 Å². The molecule has 2 heterocycles. The second kappa shape index (κ2) is 7.83. The van der Waals surface area contributed by atoms with Crippen LogP contribution >= 0.6 is 11.8 Å². The maximum atomic E-state index is 12.9. The van der Waals surface area contributed by atoms with E-state index in [0.29, 0.717) is 5.75 Å². The summed E-state index contributed by atoms with van der Waals surface area (Å²) in [5.41, 5.74) is 3.56. The summed E-state index contributed by atoms with van der Waals surface area (Å²) in [7, 11) is 3.82. The van der Waals surface area contributed by atoms with E-state index in [1.54, 1.807) is 6.26 Å². The van der Waals surface area contributed by atoms with Gasteiger partial charge in [-0.15, -0.1) is 10.2 Å². The summed E-state index contributed by atoms with van der Waals surface area (Å²) >= 11 is 1.42. The standard InChI is InChI=1S/C21H24N4O2S/c1-14-16(11-12-27-14)20-22-23-21(25(20)3)28-13-19(26)24(2)18-10-6-8-15-7-4-5-9-17(15)18/h4-5,7,9,11-12,18H,6,8,10,13H2,1-3H3/t18-/m1/s1. The van der Waals surface area contributed by atoms with Crippen LogP contribution in [0.3, 0.4) is 0 Å². The Morgan fingerprint density at radius 3 is 2.93 bits per heavy atom. The summed E-state index contributed by atoms with van der Waals surface area (Å²) in [5.74, 6) is 2.00. The topological polar surface area (TPSA) is 64.2 Å². The molecule has 1 aliphatic carbocycles. The molecule has 2 aromatic heterocycles. The van der Waals surface area contributed by atoms with E-state index >= 15 is 0 Å². The highest BCUT2D eigenvalue weighted by atomic mass is 32.2. The molecule has 4 rings (SSSR count). The fourth-order valence-corrected chi connectivity index (χ4v) is 4.66. The molecule has 0 N–H and O–H groups in total. The van der Waals surface area contributed by atoms with Gasteiger partial charge in [-0.05, 0) is 43.4 Å². The highest BCUT2D eigenvalue weighted by Crippen LogP contribution is 2.34. The number of carbonyl (C=O) groups excluding carboxylic acids is 1. The lowest BCUT2D eigenvalue weighted by atomic mass is 9.87. The second-order valence-corrected chi connectivity index (χ2v) is 8.10. The van der Waals surface area contributed by atoms with Gasteiger partial charge in [0.25, 0.3) is 0 Å². The van der Waals surface area contributed by atoms with Crippen LogP contribution in [-0.2, 0) is 18.3 Å². The zero-order chi connectivity index (χ0) is 19.7. The molecule has 0 fully saturated rings. The van der Waals surface area contributed by atoms with Crippen molar-refractivity contribution in [3.63, 3.8) is 0 Å². The molecule has 0 spiro atoms. The highest BCUT2D eigenvalue weighted by Gasteiger charge is 2.26. The molecule has 146 valence electrons. The van der Waals surface area contributed by atoms with Crippen LogP contribution in [0.25, 0.3) is 11.4 Å². The molecule has 0 saturated heterocycles. The van der Waals surface area contributed by atoms with Gasteiger partial charge in [0.2, 0.25) is 5.91 Å². The third-order valence-corrected chi connectivity index (χ3v) is 6.46. The predicted molar refractivity (Wildman–Crippen MR) is 109 cm³/mol. The van der Waals surface area contributed by atoms with E-state index in [9.17, 15) is 4.79 Å². The molecule has 1 aromatic carbocycles. The summed E-state index contributed by atoms with van der Waals surface area (Å²) in [4.78, 5) is 14.8.